The number of ether oxygens (including phenoxy) is 2. The van der Waals surface area contributed by atoms with E-state index in [0.717, 1.165) is 45.2 Å². The molecule has 0 spiro atoms. The van der Waals surface area contributed by atoms with Crippen molar-refractivity contribution in [2.45, 2.75) is 33.6 Å². The minimum absolute atomic E-state index is 0.0452. The molecule has 4 aromatic rings. The first-order valence-corrected chi connectivity index (χ1v) is 14.6. The third kappa shape index (κ3) is 6.18. The smallest absolute Gasteiger partial charge is 0.271 e. The van der Waals surface area contributed by atoms with Crippen LogP contribution in [0, 0.1) is 18.3 Å². The number of hydrogen-bond acceptors (Lipinski definition) is 6. The number of nitriles is 1. The number of carbonyl (C=O) groups excluding carboxylic acids is 2. The molecule has 0 saturated heterocycles. The number of hydrogen-bond donors (Lipinski definition) is 0. The van der Waals surface area contributed by atoms with Crippen molar-refractivity contribution in [3.8, 4) is 34.5 Å². The fourth-order valence-corrected chi connectivity index (χ4v) is 5.15. The Balaban J connectivity index is 1.57. The van der Waals surface area contributed by atoms with E-state index in [2.05, 4.69) is 6.92 Å². The number of aryl methyl sites for hydroxylation is 1. The average molecular weight is 587 g/mol. The second kappa shape index (κ2) is 13.3. The van der Waals surface area contributed by atoms with E-state index in [1.54, 1.807) is 24.8 Å². The summed E-state index contributed by atoms with van der Waals surface area (Å²) in [6.45, 7) is 6.46. The van der Waals surface area contributed by atoms with E-state index < -0.39 is 11.8 Å². The van der Waals surface area contributed by atoms with Gasteiger partial charge in [-0.1, -0.05) is 37.3 Å². The summed E-state index contributed by atoms with van der Waals surface area (Å²) in [4.78, 5) is 28.3. The molecule has 5 rings (SSSR count). The summed E-state index contributed by atoms with van der Waals surface area (Å²) in [5.74, 6) is 0.471. The molecule has 3 aromatic carbocycles. The van der Waals surface area contributed by atoms with E-state index in [-0.39, 0.29) is 17.7 Å². The van der Waals surface area contributed by atoms with Crippen LogP contribution in [0.15, 0.2) is 95.7 Å². The summed E-state index contributed by atoms with van der Waals surface area (Å²) in [6, 6.07) is 25.1. The lowest BCUT2D eigenvalue weighted by atomic mass is 9.92. The largest absolute Gasteiger partial charge is 0.497 e. The first-order chi connectivity index (χ1) is 21.3. The number of para-hydroxylation sites is 1. The molecule has 0 N–H and O–H groups in total. The minimum Gasteiger partial charge on any atom is -0.497 e. The van der Waals surface area contributed by atoms with Crippen LogP contribution < -0.4 is 9.47 Å². The van der Waals surface area contributed by atoms with Gasteiger partial charge in [0.15, 0.2) is 0 Å². The van der Waals surface area contributed by atoms with Crippen LogP contribution >= 0.6 is 0 Å². The quantitative estimate of drug-likeness (QED) is 0.156. The zero-order valence-electron chi connectivity index (χ0n) is 25.3. The molecule has 0 radical (unpaired) electrons. The number of methoxy groups -OCH3 is 1. The zero-order chi connectivity index (χ0) is 31.2. The van der Waals surface area contributed by atoms with Gasteiger partial charge in [-0.3, -0.25) is 14.5 Å². The van der Waals surface area contributed by atoms with Crippen molar-refractivity contribution in [3.63, 3.8) is 0 Å². The molecule has 0 aliphatic carbocycles. The summed E-state index contributed by atoms with van der Waals surface area (Å²) in [7, 11) is 1.60. The molecule has 0 fully saturated rings. The highest BCUT2D eigenvalue weighted by Crippen LogP contribution is 2.33. The van der Waals surface area contributed by atoms with Crippen LogP contribution in [0.25, 0.3) is 23.0 Å². The van der Waals surface area contributed by atoms with Crippen LogP contribution in [0.4, 0.5) is 0 Å². The maximum atomic E-state index is 13.9. The van der Waals surface area contributed by atoms with Gasteiger partial charge in [-0.2, -0.15) is 10.4 Å². The molecule has 0 unspecified atom stereocenters. The van der Waals surface area contributed by atoms with Crippen molar-refractivity contribution in [1.29, 1.82) is 5.26 Å². The van der Waals surface area contributed by atoms with Gasteiger partial charge in [0.1, 0.15) is 28.8 Å². The van der Waals surface area contributed by atoms with Gasteiger partial charge in [0.25, 0.3) is 11.8 Å². The number of benzene rings is 3. The van der Waals surface area contributed by atoms with E-state index in [9.17, 15) is 14.9 Å². The molecule has 1 aliphatic rings. The third-order valence-electron chi connectivity index (χ3n) is 7.60. The molecule has 1 aromatic heterocycles. The van der Waals surface area contributed by atoms with Crippen molar-refractivity contribution in [3.05, 3.63) is 112 Å². The van der Waals surface area contributed by atoms with Gasteiger partial charge in [0.05, 0.1) is 19.4 Å². The van der Waals surface area contributed by atoms with Crippen molar-refractivity contribution < 1.29 is 19.1 Å². The summed E-state index contributed by atoms with van der Waals surface area (Å²) in [6.07, 6.45) is 4.95. The Hall–Kier alpha value is -5.42. The van der Waals surface area contributed by atoms with Gasteiger partial charge in [0.2, 0.25) is 0 Å². The van der Waals surface area contributed by atoms with E-state index >= 15 is 0 Å². The fraction of sp³-hybridized carbons (Fsp3) is 0.222. The molecule has 8 nitrogen and oxygen atoms in total. The van der Waals surface area contributed by atoms with Gasteiger partial charge in [-0.05, 0) is 91.9 Å². The number of amides is 2. The lowest BCUT2D eigenvalue weighted by Gasteiger charge is -2.27. The molecule has 44 heavy (non-hydrogen) atoms. The van der Waals surface area contributed by atoms with E-state index in [4.69, 9.17) is 14.6 Å². The maximum Gasteiger partial charge on any atom is 0.271 e. The van der Waals surface area contributed by atoms with Crippen molar-refractivity contribution in [2.75, 3.05) is 20.3 Å². The number of rotatable bonds is 10. The summed E-state index contributed by atoms with van der Waals surface area (Å²) < 4.78 is 12.8. The Kier molecular flexibility index (Phi) is 9.06. The Morgan fingerprint density at radius 1 is 0.955 bits per heavy atom. The van der Waals surface area contributed by atoms with Crippen LogP contribution in [0.2, 0.25) is 0 Å². The normalized spacial score (nSPS) is 14.2. The lowest BCUT2D eigenvalue weighted by molar-refractivity contribution is -0.140. The highest BCUT2D eigenvalue weighted by Gasteiger charge is 2.35. The Bertz CT molecular complexity index is 1790. The summed E-state index contributed by atoms with van der Waals surface area (Å²) >= 11 is 0. The second-order valence-corrected chi connectivity index (χ2v) is 10.6. The van der Waals surface area contributed by atoms with Gasteiger partial charge in [0, 0.05) is 29.4 Å². The molecular weight excluding hydrogens is 552 g/mol. The first kappa shape index (κ1) is 30.1. The number of imide groups is 1. The highest BCUT2D eigenvalue weighted by molar-refractivity contribution is 6.19. The zero-order valence-corrected chi connectivity index (χ0v) is 25.3. The predicted molar refractivity (Wildman–Crippen MR) is 169 cm³/mol. The number of nitrogens with zero attached hydrogens (tertiary/aromatic N) is 4. The molecular formula is C36H34N4O4. The Morgan fingerprint density at radius 3 is 2.34 bits per heavy atom. The molecule has 222 valence electrons. The highest BCUT2D eigenvalue weighted by atomic mass is 16.5. The predicted octanol–water partition coefficient (Wildman–Crippen LogP) is 6.48. The maximum absolute atomic E-state index is 13.9. The van der Waals surface area contributed by atoms with Gasteiger partial charge < -0.3 is 9.47 Å². The summed E-state index contributed by atoms with van der Waals surface area (Å²) in [5.41, 5.74) is 5.58. The van der Waals surface area contributed by atoms with Crippen LogP contribution in [-0.2, 0) is 16.0 Å². The molecule has 0 saturated carbocycles. The van der Waals surface area contributed by atoms with Crippen LogP contribution in [-0.4, -0.2) is 46.8 Å². The van der Waals surface area contributed by atoms with Crippen molar-refractivity contribution >= 4 is 17.9 Å². The molecule has 0 bridgehead atoms. The van der Waals surface area contributed by atoms with E-state index in [1.807, 2.05) is 92.0 Å². The Morgan fingerprint density at radius 2 is 1.68 bits per heavy atom. The van der Waals surface area contributed by atoms with Crippen LogP contribution in [0.3, 0.4) is 0 Å². The molecule has 2 amide bonds. The molecule has 0 atom stereocenters. The van der Waals surface area contributed by atoms with Crippen LogP contribution in [0.5, 0.6) is 11.5 Å². The lowest BCUT2D eigenvalue weighted by Crippen LogP contribution is -2.43. The SMILES string of the molecule is CCCOc1ccc(-c2nn(-c3ccccc3)cc2/C=C2/C(=O)N(CCc3ccc(OC)cc3)C(=O)C(C#N)=C2C)c(C)c1. The van der Waals surface area contributed by atoms with Crippen molar-refractivity contribution in [2.24, 2.45) is 0 Å². The van der Waals surface area contributed by atoms with Crippen molar-refractivity contribution in [1.82, 2.24) is 14.7 Å². The summed E-state index contributed by atoms with van der Waals surface area (Å²) in [5, 5.41) is 14.9. The van der Waals surface area contributed by atoms with E-state index in [0.29, 0.717) is 29.9 Å². The number of aromatic nitrogens is 2. The molecule has 8 heteroatoms. The topological polar surface area (TPSA) is 97.4 Å². The third-order valence-corrected chi connectivity index (χ3v) is 7.60. The van der Waals surface area contributed by atoms with E-state index in [1.165, 1.54) is 0 Å². The second-order valence-electron chi connectivity index (χ2n) is 10.6. The number of carbonyl (C=O) groups is 2. The van der Waals surface area contributed by atoms with Crippen LogP contribution in [0.1, 0.15) is 37.0 Å². The molecule has 2 heterocycles. The van der Waals surface area contributed by atoms with Gasteiger partial charge in [-0.25, -0.2) is 4.68 Å². The average Bonchev–Trinajstić information content (AvgIpc) is 3.46. The van der Waals surface area contributed by atoms with Gasteiger partial charge in [-0.15, -0.1) is 0 Å². The Labute approximate surface area is 257 Å². The fourth-order valence-electron chi connectivity index (χ4n) is 5.15. The monoisotopic (exact) mass is 586 g/mol. The minimum atomic E-state index is -0.584. The standard InChI is InChI=1S/C36H34N4O4/c1-5-19-44-30-15-16-31(24(2)20-30)34-27(23-40(38-34)28-9-7-6-8-10-28)21-32-25(3)33(22-37)36(42)39(35(32)41)18-17-26-11-13-29(43-4)14-12-26/h6-16,20-21,23H,5,17-19H2,1-4H3/b32-21+. The van der Waals surface area contributed by atoms with Gasteiger partial charge >= 0.3 is 0 Å². The molecule has 1 aliphatic heterocycles. The first-order valence-electron chi connectivity index (χ1n) is 14.6.